The molecule has 1 aromatic heterocycles. The maximum atomic E-state index is 11.7. The molecular weight excluding hydrogens is 275 g/mol. The van der Waals surface area contributed by atoms with Crippen molar-refractivity contribution in [3.05, 3.63) is 58.0 Å². The van der Waals surface area contributed by atoms with E-state index in [1.165, 1.54) is 30.9 Å². The average molecular weight is 283 g/mol. The zero-order valence-corrected chi connectivity index (χ0v) is 10.6. The number of rotatable bonds is 3. The summed E-state index contributed by atoms with van der Waals surface area (Å²) in [6.07, 6.45) is 4.48. The molecule has 2 aromatic rings. The highest BCUT2D eigenvalue weighted by Crippen LogP contribution is 2.20. The van der Waals surface area contributed by atoms with Gasteiger partial charge in [0.25, 0.3) is 5.91 Å². The fourth-order valence-corrected chi connectivity index (χ4v) is 1.74. The molecule has 0 aliphatic heterocycles. The Labute approximate surface area is 113 Å². The number of carbonyl (C=O) groups excluding carboxylic acids is 1. The van der Waals surface area contributed by atoms with Crippen LogP contribution in [0.5, 0.6) is 0 Å². The molecule has 0 unspecified atom stereocenters. The minimum atomic E-state index is -0.406. The van der Waals surface area contributed by atoms with Crippen molar-refractivity contribution < 1.29 is 9.21 Å². The zero-order valence-electron chi connectivity index (χ0n) is 9.06. The van der Waals surface area contributed by atoms with Gasteiger partial charge < -0.3 is 4.42 Å². The van der Waals surface area contributed by atoms with Crippen molar-refractivity contribution in [1.82, 2.24) is 5.43 Å². The smallest absolute Gasteiger partial charge is 0.272 e. The first kappa shape index (κ1) is 12.7. The van der Waals surface area contributed by atoms with E-state index in [4.69, 9.17) is 27.6 Å². The summed E-state index contributed by atoms with van der Waals surface area (Å²) in [5.74, 6) is -0.406. The molecule has 18 heavy (non-hydrogen) atoms. The van der Waals surface area contributed by atoms with Crippen LogP contribution in [0.4, 0.5) is 0 Å². The van der Waals surface area contributed by atoms with E-state index >= 15 is 0 Å². The van der Waals surface area contributed by atoms with Crippen molar-refractivity contribution in [3.63, 3.8) is 0 Å². The van der Waals surface area contributed by atoms with Crippen LogP contribution in [0.2, 0.25) is 10.0 Å². The van der Waals surface area contributed by atoms with Crippen LogP contribution in [0.3, 0.4) is 0 Å². The van der Waals surface area contributed by atoms with E-state index in [1.807, 2.05) is 0 Å². The van der Waals surface area contributed by atoms with E-state index in [0.717, 1.165) is 5.56 Å². The predicted molar refractivity (Wildman–Crippen MR) is 70.2 cm³/mol. The van der Waals surface area contributed by atoms with Gasteiger partial charge in [0.1, 0.15) is 0 Å². The van der Waals surface area contributed by atoms with Crippen molar-refractivity contribution in [2.45, 2.75) is 0 Å². The van der Waals surface area contributed by atoms with E-state index in [1.54, 1.807) is 12.1 Å². The van der Waals surface area contributed by atoms with Gasteiger partial charge in [-0.15, -0.1) is 0 Å². The summed E-state index contributed by atoms with van der Waals surface area (Å²) in [6.45, 7) is 0. The molecule has 6 heteroatoms. The Morgan fingerprint density at radius 1 is 1.33 bits per heavy atom. The van der Waals surface area contributed by atoms with Gasteiger partial charge in [-0.1, -0.05) is 23.2 Å². The average Bonchev–Trinajstić information content (AvgIpc) is 2.81. The van der Waals surface area contributed by atoms with E-state index in [9.17, 15) is 4.79 Å². The van der Waals surface area contributed by atoms with E-state index < -0.39 is 5.91 Å². The van der Waals surface area contributed by atoms with E-state index in [2.05, 4.69) is 10.5 Å². The Balaban J connectivity index is 2.04. The lowest BCUT2D eigenvalue weighted by atomic mass is 10.2. The van der Waals surface area contributed by atoms with Gasteiger partial charge in [-0.3, -0.25) is 4.79 Å². The van der Waals surface area contributed by atoms with Gasteiger partial charge in [0.05, 0.1) is 29.3 Å². The molecule has 0 saturated heterocycles. The maximum Gasteiger partial charge on any atom is 0.272 e. The van der Waals surface area contributed by atoms with Crippen LogP contribution in [-0.4, -0.2) is 12.1 Å². The molecular formula is C12H8Cl2N2O2. The molecule has 0 aliphatic carbocycles. The molecule has 1 amide bonds. The molecule has 1 N–H and O–H groups in total. The molecule has 0 aliphatic rings. The van der Waals surface area contributed by atoms with Gasteiger partial charge in [0, 0.05) is 10.6 Å². The Morgan fingerprint density at radius 3 is 2.83 bits per heavy atom. The number of nitrogens with zero attached hydrogens (tertiary/aromatic N) is 1. The second kappa shape index (κ2) is 5.71. The first-order chi connectivity index (χ1) is 8.66. The minimum Gasteiger partial charge on any atom is -0.472 e. The third-order valence-corrected chi connectivity index (χ3v) is 2.65. The summed E-state index contributed by atoms with van der Waals surface area (Å²) in [6, 6.07) is 6.33. The monoisotopic (exact) mass is 282 g/mol. The van der Waals surface area contributed by atoms with Crippen LogP contribution in [-0.2, 0) is 0 Å². The minimum absolute atomic E-state index is 0.276. The van der Waals surface area contributed by atoms with E-state index in [-0.39, 0.29) is 5.02 Å². The zero-order chi connectivity index (χ0) is 13.0. The van der Waals surface area contributed by atoms with Gasteiger partial charge in [0.2, 0.25) is 0 Å². The fraction of sp³-hybridized carbons (Fsp3) is 0. The number of hydrogen-bond acceptors (Lipinski definition) is 3. The molecule has 0 radical (unpaired) electrons. The van der Waals surface area contributed by atoms with Crippen LogP contribution in [0.1, 0.15) is 15.9 Å². The van der Waals surface area contributed by atoms with Gasteiger partial charge in [-0.2, -0.15) is 5.10 Å². The molecule has 0 atom stereocenters. The van der Waals surface area contributed by atoms with Crippen molar-refractivity contribution in [1.29, 1.82) is 0 Å². The molecule has 1 aromatic carbocycles. The Hall–Kier alpha value is -1.78. The third kappa shape index (κ3) is 3.12. The summed E-state index contributed by atoms with van der Waals surface area (Å²) in [7, 11) is 0. The summed E-state index contributed by atoms with van der Waals surface area (Å²) >= 11 is 11.6. The molecule has 0 saturated carbocycles. The Kier molecular flexibility index (Phi) is 4.02. The number of amides is 1. The molecule has 2 rings (SSSR count). The second-order valence-corrected chi connectivity index (χ2v) is 4.22. The van der Waals surface area contributed by atoms with Crippen LogP contribution in [0.25, 0.3) is 0 Å². The first-order valence-electron chi connectivity index (χ1n) is 4.97. The second-order valence-electron chi connectivity index (χ2n) is 3.38. The molecule has 0 bridgehead atoms. The summed E-state index contributed by atoms with van der Waals surface area (Å²) < 4.78 is 4.85. The van der Waals surface area contributed by atoms with E-state index in [0.29, 0.717) is 10.6 Å². The molecule has 4 nitrogen and oxygen atoms in total. The molecule has 0 spiro atoms. The molecule has 0 fully saturated rings. The van der Waals surface area contributed by atoms with Gasteiger partial charge in [-0.25, -0.2) is 5.43 Å². The number of halogens is 2. The normalized spacial score (nSPS) is 10.8. The highest BCUT2D eigenvalue weighted by molar-refractivity contribution is 6.36. The number of hydrogen-bond donors (Lipinski definition) is 1. The first-order valence-corrected chi connectivity index (χ1v) is 5.73. The van der Waals surface area contributed by atoms with Crippen molar-refractivity contribution >= 4 is 35.3 Å². The van der Waals surface area contributed by atoms with Crippen molar-refractivity contribution in [2.24, 2.45) is 5.10 Å². The number of furan rings is 1. The maximum absolute atomic E-state index is 11.7. The molecule has 1 heterocycles. The van der Waals surface area contributed by atoms with Crippen LogP contribution >= 0.6 is 23.2 Å². The fourth-order valence-electron chi connectivity index (χ4n) is 1.25. The summed E-state index contributed by atoms with van der Waals surface area (Å²) in [4.78, 5) is 11.7. The highest BCUT2D eigenvalue weighted by atomic mass is 35.5. The SMILES string of the molecule is O=C(N/N=C\c1ccoc1)c1ccc(Cl)cc1Cl. The standard InChI is InChI=1S/C12H8Cl2N2O2/c13-9-1-2-10(11(14)5-9)12(17)16-15-6-8-3-4-18-7-8/h1-7H,(H,16,17)/b15-6-. The largest absolute Gasteiger partial charge is 0.472 e. The summed E-state index contributed by atoms with van der Waals surface area (Å²) in [5.41, 5.74) is 3.42. The third-order valence-electron chi connectivity index (χ3n) is 2.10. The Bertz CT molecular complexity index is 580. The van der Waals surface area contributed by atoms with Gasteiger partial charge in [-0.05, 0) is 24.3 Å². The number of nitrogens with one attached hydrogen (secondary N) is 1. The Morgan fingerprint density at radius 2 is 2.17 bits per heavy atom. The number of hydrazone groups is 1. The lowest BCUT2D eigenvalue weighted by molar-refractivity contribution is 0.0955. The molecule has 92 valence electrons. The lowest BCUT2D eigenvalue weighted by Gasteiger charge is -2.02. The summed E-state index contributed by atoms with van der Waals surface area (Å²) in [5, 5.41) is 4.52. The van der Waals surface area contributed by atoms with Gasteiger partial charge >= 0.3 is 0 Å². The quantitative estimate of drug-likeness (QED) is 0.693. The highest BCUT2D eigenvalue weighted by Gasteiger charge is 2.09. The van der Waals surface area contributed by atoms with Gasteiger partial charge in [0.15, 0.2) is 0 Å². The predicted octanol–water partition coefficient (Wildman–Crippen LogP) is 3.35. The lowest BCUT2D eigenvalue weighted by Crippen LogP contribution is -2.17. The number of benzene rings is 1. The number of carbonyl (C=O) groups is 1. The topological polar surface area (TPSA) is 54.6 Å². The van der Waals surface area contributed by atoms with Crippen LogP contribution in [0, 0.1) is 0 Å². The van der Waals surface area contributed by atoms with Crippen LogP contribution < -0.4 is 5.43 Å². The van der Waals surface area contributed by atoms with Crippen molar-refractivity contribution in [2.75, 3.05) is 0 Å². The van der Waals surface area contributed by atoms with Crippen LogP contribution in [0.15, 0.2) is 46.3 Å². The van der Waals surface area contributed by atoms with Crippen molar-refractivity contribution in [3.8, 4) is 0 Å².